The Balaban J connectivity index is 1.77. The molecule has 0 aromatic heterocycles. The summed E-state index contributed by atoms with van der Waals surface area (Å²) in [7, 11) is -3.63. The Kier molecular flexibility index (Phi) is 5.02. The van der Waals surface area contributed by atoms with Crippen molar-refractivity contribution in [3.8, 4) is 0 Å². The summed E-state index contributed by atoms with van der Waals surface area (Å²) in [5.74, 6) is -0.758. The summed E-state index contributed by atoms with van der Waals surface area (Å²) in [5.41, 5.74) is 0.599. The lowest BCUT2D eigenvalue weighted by Crippen LogP contribution is -2.36. The fourth-order valence-corrected chi connectivity index (χ4v) is 4.16. The standard InChI is InChI=1S/C18H17ClN2O4S/c1-13-17(22)20(18(23)21(13)15-5-3-2-4-6-15)11-12-26(24,25)16-9-7-14(19)8-10-16/h2-10,13H,11-12H2,1H3. The number of carbonyl (C=O) groups excluding carboxylic acids is 2. The number of rotatable bonds is 5. The zero-order chi connectivity index (χ0) is 18.9. The third-order valence-corrected chi connectivity index (χ3v) is 6.20. The van der Waals surface area contributed by atoms with Crippen molar-refractivity contribution in [2.45, 2.75) is 17.9 Å². The van der Waals surface area contributed by atoms with Crippen LogP contribution in [0.3, 0.4) is 0 Å². The number of anilines is 1. The first-order valence-electron chi connectivity index (χ1n) is 7.99. The number of imide groups is 1. The summed E-state index contributed by atoms with van der Waals surface area (Å²) in [6, 6.07) is 13.4. The van der Waals surface area contributed by atoms with Gasteiger partial charge in [0.2, 0.25) is 0 Å². The lowest BCUT2D eigenvalue weighted by Gasteiger charge is -2.19. The van der Waals surface area contributed by atoms with Gasteiger partial charge in [0.25, 0.3) is 5.91 Å². The topological polar surface area (TPSA) is 74.8 Å². The molecule has 3 amide bonds. The fraction of sp³-hybridized carbons (Fsp3) is 0.222. The van der Waals surface area contributed by atoms with Crippen LogP contribution in [0.5, 0.6) is 0 Å². The largest absolute Gasteiger partial charge is 0.332 e. The van der Waals surface area contributed by atoms with Crippen molar-refractivity contribution in [1.82, 2.24) is 4.90 Å². The van der Waals surface area contributed by atoms with Gasteiger partial charge in [0, 0.05) is 17.3 Å². The molecule has 1 fully saturated rings. The van der Waals surface area contributed by atoms with Gasteiger partial charge in [0.15, 0.2) is 9.84 Å². The quantitative estimate of drug-likeness (QED) is 0.733. The van der Waals surface area contributed by atoms with E-state index in [1.165, 1.54) is 29.2 Å². The molecule has 1 unspecified atom stereocenters. The lowest BCUT2D eigenvalue weighted by atomic mass is 10.2. The normalized spacial score (nSPS) is 17.8. The highest BCUT2D eigenvalue weighted by Gasteiger charge is 2.43. The predicted molar refractivity (Wildman–Crippen MR) is 99.0 cm³/mol. The van der Waals surface area contributed by atoms with Gasteiger partial charge in [-0.1, -0.05) is 29.8 Å². The van der Waals surface area contributed by atoms with E-state index < -0.39 is 27.8 Å². The maximum Gasteiger partial charge on any atom is 0.332 e. The minimum Gasteiger partial charge on any atom is -0.282 e. The SMILES string of the molecule is CC1C(=O)N(CCS(=O)(=O)c2ccc(Cl)cc2)C(=O)N1c1ccccc1. The molecule has 3 rings (SSSR count). The summed E-state index contributed by atoms with van der Waals surface area (Å²) in [4.78, 5) is 27.6. The molecule has 1 atom stereocenters. The third kappa shape index (κ3) is 3.45. The Bertz CT molecular complexity index is 929. The van der Waals surface area contributed by atoms with E-state index in [0.717, 1.165) is 4.90 Å². The second-order valence-electron chi connectivity index (χ2n) is 5.93. The second-order valence-corrected chi connectivity index (χ2v) is 8.47. The number of sulfone groups is 1. The number of nitrogens with zero attached hydrogens (tertiary/aromatic N) is 2. The molecule has 8 heteroatoms. The monoisotopic (exact) mass is 392 g/mol. The number of benzene rings is 2. The number of para-hydroxylation sites is 1. The minimum atomic E-state index is -3.63. The van der Waals surface area contributed by atoms with Gasteiger partial charge in [-0.2, -0.15) is 0 Å². The van der Waals surface area contributed by atoms with Crippen LogP contribution in [-0.4, -0.2) is 43.6 Å². The highest BCUT2D eigenvalue weighted by atomic mass is 35.5. The number of amides is 3. The first-order valence-corrected chi connectivity index (χ1v) is 10.0. The van der Waals surface area contributed by atoms with Crippen LogP contribution in [0.15, 0.2) is 59.5 Å². The molecule has 26 heavy (non-hydrogen) atoms. The molecule has 1 saturated heterocycles. The number of halogens is 1. The number of carbonyl (C=O) groups is 2. The van der Waals surface area contributed by atoms with E-state index >= 15 is 0 Å². The van der Waals surface area contributed by atoms with E-state index in [9.17, 15) is 18.0 Å². The highest BCUT2D eigenvalue weighted by molar-refractivity contribution is 7.91. The molecule has 136 valence electrons. The van der Waals surface area contributed by atoms with Crippen LogP contribution in [0.2, 0.25) is 5.02 Å². The fourth-order valence-electron chi connectivity index (χ4n) is 2.83. The lowest BCUT2D eigenvalue weighted by molar-refractivity contribution is -0.126. The van der Waals surface area contributed by atoms with Crippen molar-refractivity contribution in [1.29, 1.82) is 0 Å². The van der Waals surface area contributed by atoms with Crippen LogP contribution >= 0.6 is 11.6 Å². The molecule has 2 aromatic carbocycles. The molecule has 6 nitrogen and oxygen atoms in total. The van der Waals surface area contributed by atoms with E-state index in [2.05, 4.69) is 0 Å². The molecule has 0 N–H and O–H groups in total. The third-order valence-electron chi connectivity index (χ3n) is 4.24. The molecule has 0 bridgehead atoms. The smallest absolute Gasteiger partial charge is 0.282 e. The zero-order valence-electron chi connectivity index (χ0n) is 14.0. The minimum absolute atomic E-state index is 0.106. The van der Waals surface area contributed by atoms with Crippen LogP contribution in [0, 0.1) is 0 Å². The Hall–Kier alpha value is -2.38. The average molecular weight is 393 g/mol. The maximum absolute atomic E-state index is 12.6. The summed E-state index contributed by atoms with van der Waals surface area (Å²) in [5, 5.41) is 0.432. The molecule has 1 aliphatic heterocycles. The Labute approximate surface area is 156 Å². The number of hydrogen-bond acceptors (Lipinski definition) is 4. The van der Waals surface area contributed by atoms with E-state index in [0.29, 0.717) is 10.7 Å². The van der Waals surface area contributed by atoms with Crippen molar-refractivity contribution in [2.24, 2.45) is 0 Å². The molecule has 0 aliphatic carbocycles. The summed E-state index contributed by atoms with van der Waals surface area (Å²) >= 11 is 5.77. The van der Waals surface area contributed by atoms with Gasteiger partial charge in [0.1, 0.15) is 6.04 Å². The van der Waals surface area contributed by atoms with Crippen molar-refractivity contribution in [3.63, 3.8) is 0 Å². The Morgan fingerprint density at radius 3 is 2.23 bits per heavy atom. The molecule has 0 spiro atoms. The van der Waals surface area contributed by atoms with E-state index in [1.807, 2.05) is 6.07 Å². The Morgan fingerprint density at radius 2 is 1.62 bits per heavy atom. The highest BCUT2D eigenvalue weighted by Crippen LogP contribution is 2.25. The molecular weight excluding hydrogens is 376 g/mol. The van der Waals surface area contributed by atoms with E-state index in [4.69, 9.17) is 11.6 Å². The van der Waals surface area contributed by atoms with Crippen molar-refractivity contribution < 1.29 is 18.0 Å². The molecule has 1 aliphatic rings. The second kappa shape index (κ2) is 7.09. The molecular formula is C18H17ClN2O4S. The van der Waals surface area contributed by atoms with E-state index in [1.54, 1.807) is 31.2 Å². The molecule has 2 aromatic rings. The molecule has 1 heterocycles. The first-order chi connectivity index (χ1) is 12.3. The van der Waals surface area contributed by atoms with Gasteiger partial charge in [0.05, 0.1) is 10.6 Å². The van der Waals surface area contributed by atoms with Gasteiger partial charge >= 0.3 is 6.03 Å². The van der Waals surface area contributed by atoms with Crippen LogP contribution in [0.4, 0.5) is 10.5 Å². The summed E-state index contributed by atoms with van der Waals surface area (Å²) in [6.45, 7) is 1.43. The first kappa shape index (κ1) is 18.4. The van der Waals surface area contributed by atoms with Gasteiger partial charge in [-0.15, -0.1) is 0 Å². The maximum atomic E-state index is 12.6. The van der Waals surface area contributed by atoms with Gasteiger partial charge in [-0.3, -0.25) is 14.6 Å². The van der Waals surface area contributed by atoms with Gasteiger partial charge in [-0.25, -0.2) is 13.2 Å². The van der Waals surface area contributed by atoms with Gasteiger partial charge < -0.3 is 0 Å². The van der Waals surface area contributed by atoms with Crippen LogP contribution in [0.1, 0.15) is 6.92 Å². The van der Waals surface area contributed by atoms with Crippen LogP contribution in [0.25, 0.3) is 0 Å². The molecule has 0 radical (unpaired) electrons. The van der Waals surface area contributed by atoms with Crippen LogP contribution < -0.4 is 4.90 Å². The number of hydrogen-bond donors (Lipinski definition) is 0. The van der Waals surface area contributed by atoms with Crippen molar-refractivity contribution in [2.75, 3.05) is 17.2 Å². The summed E-state index contributed by atoms with van der Waals surface area (Å²) < 4.78 is 24.9. The van der Waals surface area contributed by atoms with Crippen molar-refractivity contribution >= 4 is 39.1 Å². The van der Waals surface area contributed by atoms with E-state index in [-0.39, 0.29) is 17.2 Å². The van der Waals surface area contributed by atoms with Crippen molar-refractivity contribution in [3.05, 3.63) is 59.6 Å². The van der Waals surface area contributed by atoms with Gasteiger partial charge in [-0.05, 0) is 43.3 Å². The molecule has 0 saturated carbocycles. The summed E-state index contributed by atoms with van der Waals surface area (Å²) in [6.07, 6.45) is 0. The zero-order valence-corrected chi connectivity index (χ0v) is 15.6. The predicted octanol–water partition coefficient (Wildman–Crippen LogP) is 2.97. The Morgan fingerprint density at radius 1 is 1.00 bits per heavy atom. The average Bonchev–Trinajstić information content (AvgIpc) is 2.83. The number of urea groups is 1. The van der Waals surface area contributed by atoms with Crippen LogP contribution in [-0.2, 0) is 14.6 Å².